The summed E-state index contributed by atoms with van der Waals surface area (Å²) in [4.78, 5) is 0. The van der Waals surface area contributed by atoms with Crippen molar-refractivity contribution in [3.05, 3.63) is 47.2 Å². The van der Waals surface area contributed by atoms with E-state index in [2.05, 4.69) is 6.07 Å². The highest BCUT2D eigenvalue weighted by Crippen LogP contribution is 2.46. The van der Waals surface area contributed by atoms with E-state index < -0.39 is 0 Å². The quantitative estimate of drug-likeness (QED) is 0.729. The molecule has 1 aromatic rings. The molecule has 0 radical (unpaired) electrons. The van der Waals surface area contributed by atoms with E-state index in [4.69, 9.17) is 4.74 Å². The lowest BCUT2D eigenvalue weighted by molar-refractivity contribution is 0.121. The standard InChI is InChI=1S/C15H15NO/c16-10-13-12-8-4-5-9-14(12)17-15(13)11-6-2-1-3-7-11/h1-3,6-7,13,15H,4-5,8-9H2. The average Bonchev–Trinajstić information content (AvgIpc) is 2.78. The first-order valence-electron chi connectivity index (χ1n) is 6.23. The molecule has 2 nitrogen and oxygen atoms in total. The van der Waals surface area contributed by atoms with E-state index in [9.17, 15) is 5.26 Å². The first-order chi connectivity index (χ1) is 8.40. The van der Waals surface area contributed by atoms with Crippen LogP contribution >= 0.6 is 0 Å². The van der Waals surface area contributed by atoms with Crippen LogP contribution in [0.25, 0.3) is 0 Å². The maximum atomic E-state index is 9.37. The third-order valence-corrected chi connectivity index (χ3v) is 3.67. The zero-order chi connectivity index (χ0) is 11.7. The fraction of sp³-hybridized carbons (Fsp3) is 0.400. The Morgan fingerprint density at radius 2 is 1.88 bits per heavy atom. The number of benzene rings is 1. The zero-order valence-corrected chi connectivity index (χ0v) is 9.73. The van der Waals surface area contributed by atoms with Crippen molar-refractivity contribution in [3.63, 3.8) is 0 Å². The van der Waals surface area contributed by atoms with E-state index in [0.29, 0.717) is 0 Å². The number of rotatable bonds is 1. The molecule has 1 aliphatic heterocycles. The van der Waals surface area contributed by atoms with Gasteiger partial charge in [-0.15, -0.1) is 0 Å². The first kappa shape index (κ1) is 10.4. The molecule has 2 unspecified atom stereocenters. The van der Waals surface area contributed by atoms with Crippen molar-refractivity contribution in [2.24, 2.45) is 5.92 Å². The third kappa shape index (κ3) is 1.72. The Bertz CT molecular complexity index is 483. The zero-order valence-electron chi connectivity index (χ0n) is 9.73. The van der Waals surface area contributed by atoms with Gasteiger partial charge in [0.1, 0.15) is 12.0 Å². The number of ether oxygens (including phenoxy) is 1. The lowest BCUT2D eigenvalue weighted by atomic mass is 9.86. The largest absolute Gasteiger partial charge is 0.488 e. The summed E-state index contributed by atoms with van der Waals surface area (Å²) in [6.07, 6.45) is 4.36. The summed E-state index contributed by atoms with van der Waals surface area (Å²) in [7, 11) is 0. The van der Waals surface area contributed by atoms with Crippen LogP contribution in [0.3, 0.4) is 0 Å². The Balaban J connectivity index is 1.93. The second kappa shape index (κ2) is 4.25. The molecule has 2 heteroatoms. The van der Waals surface area contributed by atoms with E-state index in [1.54, 1.807) is 0 Å². The van der Waals surface area contributed by atoms with Crippen LogP contribution in [0.5, 0.6) is 0 Å². The third-order valence-electron chi connectivity index (χ3n) is 3.67. The highest BCUT2D eigenvalue weighted by molar-refractivity contribution is 5.33. The van der Waals surface area contributed by atoms with Crippen molar-refractivity contribution >= 4 is 0 Å². The number of allylic oxidation sites excluding steroid dienone is 1. The minimum atomic E-state index is -0.0794. The molecule has 1 aliphatic carbocycles. The molecule has 0 fully saturated rings. The second-order valence-corrected chi connectivity index (χ2v) is 4.71. The number of hydrogen-bond acceptors (Lipinski definition) is 2. The van der Waals surface area contributed by atoms with E-state index in [-0.39, 0.29) is 12.0 Å². The Morgan fingerprint density at radius 1 is 1.12 bits per heavy atom. The molecule has 0 spiro atoms. The van der Waals surface area contributed by atoms with Gasteiger partial charge < -0.3 is 4.74 Å². The molecule has 0 N–H and O–H groups in total. The molecular formula is C15H15NO. The molecule has 0 aromatic heterocycles. The molecular weight excluding hydrogens is 210 g/mol. The molecule has 1 aromatic carbocycles. The van der Waals surface area contributed by atoms with Gasteiger partial charge in [0.05, 0.1) is 11.8 Å². The Kier molecular flexibility index (Phi) is 2.60. The van der Waals surface area contributed by atoms with Gasteiger partial charge >= 0.3 is 0 Å². The second-order valence-electron chi connectivity index (χ2n) is 4.71. The van der Waals surface area contributed by atoms with E-state index in [1.165, 1.54) is 18.4 Å². The average molecular weight is 225 g/mol. The van der Waals surface area contributed by atoms with Gasteiger partial charge in [0, 0.05) is 6.42 Å². The topological polar surface area (TPSA) is 33.0 Å². The minimum absolute atomic E-state index is 0.0762. The lowest BCUT2D eigenvalue weighted by Crippen LogP contribution is -2.09. The predicted molar refractivity (Wildman–Crippen MR) is 64.9 cm³/mol. The maximum absolute atomic E-state index is 9.37. The van der Waals surface area contributed by atoms with Gasteiger partial charge in [0.15, 0.2) is 0 Å². The van der Waals surface area contributed by atoms with Crippen molar-refractivity contribution in [3.8, 4) is 6.07 Å². The monoisotopic (exact) mass is 225 g/mol. The maximum Gasteiger partial charge on any atom is 0.143 e. The summed E-state index contributed by atoms with van der Waals surface area (Å²) in [5.41, 5.74) is 2.38. The van der Waals surface area contributed by atoms with Crippen LogP contribution in [0.15, 0.2) is 41.7 Å². The van der Waals surface area contributed by atoms with Crippen LogP contribution in [-0.4, -0.2) is 0 Å². The van der Waals surface area contributed by atoms with Crippen LogP contribution in [0.1, 0.15) is 37.4 Å². The summed E-state index contributed by atoms with van der Waals surface area (Å²) in [5.74, 6) is 1.02. The van der Waals surface area contributed by atoms with Crippen LogP contribution < -0.4 is 0 Å². The Labute approximate surface area is 102 Å². The van der Waals surface area contributed by atoms with Crippen LogP contribution in [0.4, 0.5) is 0 Å². The van der Waals surface area contributed by atoms with E-state index in [1.807, 2.05) is 30.3 Å². The number of nitriles is 1. The molecule has 1 heterocycles. The van der Waals surface area contributed by atoms with Crippen molar-refractivity contribution in [2.45, 2.75) is 31.8 Å². The number of nitrogens with zero attached hydrogens (tertiary/aromatic N) is 1. The van der Waals surface area contributed by atoms with Crippen molar-refractivity contribution in [1.82, 2.24) is 0 Å². The van der Waals surface area contributed by atoms with E-state index >= 15 is 0 Å². The van der Waals surface area contributed by atoms with Crippen LogP contribution in [-0.2, 0) is 4.74 Å². The molecule has 17 heavy (non-hydrogen) atoms. The van der Waals surface area contributed by atoms with Gasteiger partial charge in [-0.2, -0.15) is 5.26 Å². The normalized spacial score (nSPS) is 27.2. The summed E-state index contributed by atoms with van der Waals surface area (Å²) in [6, 6.07) is 12.5. The van der Waals surface area contributed by atoms with Crippen LogP contribution in [0, 0.1) is 17.2 Å². The molecule has 0 amide bonds. The molecule has 2 aliphatic rings. The van der Waals surface area contributed by atoms with Crippen molar-refractivity contribution < 1.29 is 4.74 Å². The SMILES string of the molecule is N#CC1C2=C(CCCC2)OC1c1ccccc1. The molecule has 0 bridgehead atoms. The molecule has 86 valence electrons. The van der Waals surface area contributed by atoms with E-state index in [0.717, 1.165) is 24.2 Å². The Hall–Kier alpha value is -1.75. The molecule has 2 atom stereocenters. The van der Waals surface area contributed by atoms with Gasteiger partial charge in [-0.3, -0.25) is 0 Å². The van der Waals surface area contributed by atoms with Crippen molar-refractivity contribution in [2.75, 3.05) is 0 Å². The summed E-state index contributed by atoms with van der Waals surface area (Å²) < 4.78 is 6.01. The predicted octanol–water partition coefficient (Wildman–Crippen LogP) is 3.73. The molecule has 0 saturated heterocycles. The Morgan fingerprint density at radius 3 is 2.65 bits per heavy atom. The fourth-order valence-electron chi connectivity index (χ4n) is 2.82. The van der Waals surface area contributed by atoms with Gasteiger partial charge in [-0.1, -0.05) is 30.3 Å². The molecule has 3 rings (SSSR count). The number of hydrogen-bond donors (Lipinski definition) is 0. The van der Waals surface area contributed by atoms with Crippen molar-refractivity contribution in [1.29, 1.82) is 5.26 Å². The first-order valence-corrected chi connectivity index (χ1v) is 6.23. The molecule has 0 saturated carbocycles. The van der Waals surface area contributed by atoms with Gasteiger partial charge in [0.2, 0.25) is 0 Å². The summed E-state index contributed by atoms with van der Waals surface area (Å²) in [6.45, 7) is 0. The summed E-state index contributed by atoms with van der Waals surface area (Å²) in [5, 5.41) is 9.37. The van der Waals surface area contributed by atoms with Gasteiger partial charge in [0.25, 0.3) is 0 Å². The smallest absolute Gasteiger partial charge is 0.143 e. The van der Waals surface area contributed by atoms with Gasteiger partial charge in [-0.05, 0) is 30.4 Å². The fourth-order valence-corrected chi connectivity index (χ4v) is 2.82. The van der Waals surface area contributed by atoms with Crippen LogP contribution in [0.2, 0.25) is 0 Å². The van der Waals surface area contributed by atoms with Gasteiger partial charge in [-0.25, -0.2) is 0 Å². The highest BCUT2D eigenvalue weighted by Gasteiger charge is 2.38. The lowest BCUT2D eigenvalue weighted by Gasteiger charge is -2.15. The summed E-state index contributed by atoms with van der Waals surface area (Å²) >= 11 is 0. The minimum Gasteiger partial charge on any atom is -0.488 e. The highest BCUT2D eigenvalue weighted by atomic mass is 16.5.